The van der Waals surface area contributed by atoms with Gasteiger partial charge in [-0.2, -0.15) is 0 Å². The van der Waals surface area contributed by atoms with Gasteiger partial charge >= 0.3 is 0 Å². The summed E-state index contributed by atoms with van der Waals surface area (Å²) in [6.45, 7) is 7.25. The second-order valence-corrected chi connectivity index (χ2v) is 8.95. The molecule has 0 aliphatic heterocycles. The lowest BCUT2D eigenvalue weighted by atomic mass is 9.67. The van der Waals surface area contributed by atoms with Crippen molar-refractivity contribution in [3.8, 4) is 0 Å². The van der Waals surface area contributed by atoms with Gasteiger partial charge in [0.05, 0.1) is 18.5 Å². The summed E-state index contributed by atoms with van der Waals surface area (Å²) >= 11 is 0. The van der Waals surface area contributed by atoms with E-state index >= 15 is 0 Å². The molecule has 2 aliphatic rings. The number of hydrogen-bond acceptors (Lipinski definition) is 3. The fraction of sp³-hybridized carbons (Fsp3) is 0.789. The van der Waals surface area contributed by atoms with Crippen molar-refractivity contribution in [3.63, 3.8) is 0 Å². The van der Waals surface area contributed by atoms with Gasteiger partial charge in [0.15, 0.2) is 0 Å². The molecule has 5 nitrogen and oxygen atoms in total. The maximum absolute atomic E-state index is 12.9. The standard InChI is InChI=1S/C19H31N3O2/c1-19(2,3)17(11-22-5-4-20-12-22)21-18(24)15-7-13-6-14(8-15)10-16(23)9-13/h4-5,12-17,23H,6-11H2,1-3H3,(H,21,24)/t13-,14+,15?,16?,17?. The predicted octanol–water partition coefficient (Wildman–Crippen LogP) is 2.60. The van der Waals surface area contributed by atoms with Crippen LogP contribution in [-0.4, -0.2) is 32.7 Å². The van der Waals surface area contributed by atoms with Crippen LogP contribution in [0.3, 0.4) is 0 Å². The highest BCUT2D eigenvalue weighted by molar-refractivity contribution is 5.79. The first-order chi connectivity index (χ1) is 11.3. The van der Waals surface area contributed by atoms with Crippen LogP contribution >= 0.6 is 0 Å². The molecular formula is C19H31N3O2. The smallest absolute Gasteiger partial charge is 0.223 e. The van der Waals surface area contributed by atoms with Crippen molar-refractivity contribution >= 4 is 5.91 Å². The SMILES string of the molecule is CC(C)(C)C(Cn1ccnc1)NC(=O)C1C[C@H]2CC(O)C[C@@H](C1)C2. The molecule has 24 heavy (non-hydrogen) atoms. The Kier molecular flexibility index (Phi) is 5.00. The van der Waals surface area contributed by atoms with Gasteiger partial charge in [0.2, 0.25) is 5.91 Å². The summed E-state index contributed by atoms with van der Waals surface area (Å²) in [6, 6.07) is 0.0755. The molecule has 2 fully saturated rings. The summed E-state index contributed by atoms with van der Waals surface area (Å²) in [7, 11) is 0. The van der Waals surface area contributed by atoms with E-state index in [1.165, 1.54) is 6.42 Å². The van der Waals surface area contributed by atoms with Gasteiger partial charge in [0, 0.05) is 24.9 Å². The molecule has 2 saturated carbocycles. The summed E-state index contributed by atoms with van der Waals surface area (Å²) in [5.41, 5.74) is -0.0132. The molecule has 3 rings (SSSR count). The molecule has 5 atom stereocenters. The number of nitrogens with zero attached hydrogens (tertiary/aromatic N) is 2. The molecule has 2 aliphatic carbocycles. The van der Waals surface area contributed by atoms with Crippen LogP contribution in [0, 0.1) is 23.2 Å². The van der Waals surface area contributed by atoms with Crippen molar-refractivity contribution in [2.24, 2.45) is 23.2 Å². The number of amides is 1. The zero-order valence-electron chi connectivity index (χ0n) is 15.1. The second kappa shape index (κ2) is 6.87. The lowest BCUT2D eigenvalue weighted by Gasteiger charge is -2.41. The fourth-order valence-corrected chi connectivity index (χ4v) is 4.46. The van der Waals surface area contributed by atoms with Gasteiger partial charge < -0.3 is 15.0 Å². The van der Waals surface area contributed by atoms with Crippen molar-refractivity contribution < 1.29 is 9.90 Å². The monoisotopic (exact) mass is 333 g/mol. The summed E-state index contributed by atoms with van der Waals surface area (Å²) in [6.07, 6.45) is 10.2. The molecule has 1 aromatic heterocycles. The molecule has 1 heterocycles. The quantitative estimate of drug-likeness (QED) is 0.890. The normalized spacial score (nSPS) is 31.5. The molecule has 0 spiro atoms. The third-order valence-corrected chi connectivity index (χ3v) is 5.80. The Bertz CT molecular complexity index is 531. The highest BCUT2D eigenvalue weighted by Gasteiger charge is 2.39. The molecule has 1 aromatic rings. The van der Waals surface area contributed by atoms with Crippen LogP contribution < -0.4 is 5.32 Å². The first kappa shape index (κ1) is 17.5. The van der Waals surface area contributed by atoms with Crippen LogP contribution in [0.25, 0.3) is 0 Å². The molecule has 0 radical (unpaired) electrons. The van der Waals surface area contributed by atoms with Gasteiger partial charge in [-0.15, -0.1) is 0 Å². The first-order valence-electron chi connectivity index (χ1n) is 9.25. The third kappa shape index (κ3) is 4.18. The zero-order valence-corrected chi connectivity index (χ0v) is 15.1. The molecule has 1 amide bonds. The number of carbonyl (C=O) groups excluding carboxylic acids is 1. The molecule has 3 unspecified atom stereocenters. The van der Waals surface area contributed by atoms with E-state index in [4.69, 9.17) is 0 Å². The molecule has 5 heteroatoms. The highest BCUT2D eigenvalue weighted by Crippen LogP contribution is 2.42. The molecule has 2 N–H and O–H groups in total. The zero-order chi connectivity index (χ0) is 17.3. The number of aliphatic hydroxyl groups is 1. The van der Waals surface area contributed by atoms with Crippen molar-refractivity contribution in [1.29, 1.82) is 0 Å². The van der Waals surface area contributed by atoms with E-state index in [0.29, 0.717) is 11.8 Å². The van der Waals surface area contributed by atoms with Crippen molar-refractivity contribution in [3.05, 3.63) is 18.7 Å². The maximum atomic E-state index is 12.9. The minimum atomic E-state index is -0.152. The minimum Gasteiger partial charge on any atom is -0.393 e. The van der Waals surface area contributed by atoms with Crippen molar-refractivity contribution in [2.75, 3.05) is 0 Å². The van der Waals surface area contributed by atoms with Crippen molar-refractivity contribution in [2.45, 2.75) is 71.6 Å². The van der Waals surface area contributed by atoms with Gasteiger partial charge in [-0.3, -0.25) is 4.79 Å². The lowest BCUT2D eigenvalue weighted by Crippen LogP contribution is -2.49. The predicted molar refractivity (Wildman–Crippen MR) is 93.2 cm³/mol. The van der Waals surface area contributed by atoms with Crippen molar-refractivity contribution in [1.82, 2.24) is 14.9 Å². The van der Waals surface area contributed by atoms with Crippen LogP contribution in [0.4, 0.5) is 0 Å². The van der Waals surface area contributed by atoms with E-state index < -0.39 is 0 Å². The van der Waals surface area contributed by atoms with Crippen LogP contribution in [0.1, 0.15) is 52.9 Å². The lowest BCUT2D eigenvalue weighted by molar-refractivity contribution is -0.130. The average Bonchev–Trinajstić information content (AvgIpc) is 2.97. The van der Waals surface area contributed by atoms with E-state index in [9.17, 15) is 9.90 Å². The Hall–Kier alpha value is -1.36. The Morgan fingerprint density at radius 1 is 1.25 bits per heavy atom. The molecule has 0 saturated heterocycles. The molecule has 134 valence electrons. The largest absolute Gasteiger partial charge is 0.393 e. The number of rotatable bonds is 4. The van der Waals surface area contributed by atoms with Crippen LogP contribution in [0.5, 0.6) is 0 Å². The number of aliphatic hydroxyl groups excluding tert-OH is 1. The van der Waals surface area contributed by atoms with Gasteiger partial charge in [-0.25, -0.2) is 4.98 Å². The number of imidazole rings is 1. The summed E-state index contributed by atoms with van der Waals surface area (Å²) in [4.78, 5) is 17.0. The van der Waals surface area contributed by atoms with Gasteiger partial charge in [0.1, 0.15) is 0 Å². The number of hydrogen-bond donors (Lipinski definition) is 2. The van der Waals surface area contributed by atoms with Crippen LogP contribution in [-0.2, 0) is 11.3 Å². The van der Waals surface area contributed by atoms with E-state index in [1.807, 2.05) is 10.8 Å². The topological polar surface area (TPSA) is 67.2 Å². The molecule has 0 aromatic carbocycles. The fourth-order valence-electron chi connectivity index (χ4n) is 4.46. The van der Waals surface area contributed by atoms with Gasteiger partial charge in [-0.1, -0.05) is 20.8 Å². The van der Waals surface area contributed by atoms with E-state index in [0.717, 1.165) is 32.2 Å². The Morgan fingerprint density at radius 2 is 1.92 bits per heavy atom. The number of fused-ring (bicyclic) bond motifs is 2. The minimum absolute atomic E-state index is 0.0132. The van der Waals surface area contributed by atoms with E-state index in [-0.39, 0.29) is 29.4 Å². The van der Waals surface area contributed by atoms with Crippen LogP contribution in [0.2, 0.25) is 0 Å². The Morgan fingerprint density at radius 3 is 2.46 bits per heavy atom. The summed E-state index contributed by atoms with van der Waals surface area (Å²) in [5, 5.41) is 13.2. The number of nitrogens with one attached hydrogen (secondary N) is 1. The first-order valence-corrected chi connectivity index (χ1v) is 9.25. The second-order valence-electron chi connectivity index (χ2n) is 8.95. The number of aromatic nitrogens is 2. The third-order valence-electron chi connectivity index (χ3n) is 5.80. The van der Waals surface area contributed by atoms with Gasteiger partial charge in [-0.05, 0) is 49.4 Å². The molecule has 2 bridgehead atoms. The van der Waals surface area contributed by atoms with Crippen LogP contribution in [0.15, 0.2) is 18.7 Å². The van der Waals surface area contributed by atoms with E-state index in [1.54, 1.807) is 12.5 Å². The average molecular weight is 333 g/mol. The molecular weight excluding hydrogens is 302 g/mol. The Balaban J connectivity index is 1.63. The van der Waals surface area contributed by atoms with Gasteiger partial charge in [0.25, 0.3) is 0 Å². The maximum Gasteiger partial charge on any atom is 0.223 e. The number of carbonyl (C=O) groups is 1. The van der Waals surface area contributed by atoms with E-state index in [2.05, 4.69) is 31.1 Å². The summed E-state index contributed by atoms with van der Waals surface area (Å²) < 4.78 is 2.03. The Labute approximate surface area is 144 Å². The summed E-state index contributed by atoms with van der Waals surface area (Å²) in [5.74, 6) is 1.34. The highest BCUT2D eigenvalue weighted by atomic mass is 16.3.